The number of carboxylic acid groups (broad SMARTS) is 1. The van der Waals surface area contributed by atoms with Gasteiger partial charge in [-0.3, -0.25) is 9.59 Å². The number of hydrogen-bond acceptors (Lipinski definition) is 15. The Balaban J connectivity index is -0.000000983. The molecule has 0 heterocycles. The molecule has 61 heavy (non-hydrogen) atoms. The summed E-state index contributed by atoms with van der Waals surface area (Å²) in [5, 5.41) is 46.6. The summed E-state index contributed by atoms with van der Waals surface area (Å²) in [6.45, 7) is 6.93. The Morgan fingerprint density at radius 3 is 1.13 bits per heavy atom. The molecule has 2 rings (SSSR count). The van der Waals surface area contributed by atoms with Crippen LogP contribution in [0.25, 0.3) is 0 Å². The number of carbonyl (C=O) groups excluding carboxylic acids is 1. The number of ether oxygens (including phenoxy) is 7. The van der Waals surface area contributed by atoms with Gasteiger partial charge in [-0.25, -0.2) is 0 Å². The number of benzene rings is 2. The molecular formula is C43H79N2O15Sn. The number of rotatable bonds is 32. The Morgan fingerprint density at radius 2 is 0.836 bits per heavy atom. The molecule has 2 aromatic carbocycles. The second-order valence-electron chi connectivity index (χ2n) is 13.7. The van der Waals surface area contributed by atoms with E-state index in [1.165, 1.54) is 7.11 Å². The molecule has 0 aliphatic heterocycles. The van der Waals surface area contributed by atoms with E-state index in [0.29, 0.717) is 123 Å². The van der Waals surface area contributed by atoms with Gasteiger partial charge < -0.3 is 74.0 Å². The van der Waals surface area contributed by atoms with Crippen molar-refractivity contribution in [2.75, 3.05) is 123 Å². The van der Waals surface area contributed by atoms with Crippen molar-refractivity contribution in [2.45, 2.75) is 74.4 Å². The first-order chi connectivity index (χ1) is 28.5. The SMILES string of the molecule is C.COCCOCCOCCN(CCCC(=O)O)c1cc(CO)cc(CO)c1.COCCOCCOCCN(CCCC(=O)OC)c1cc(CO)cc(CO)c1.O.[CH3][Sn]([CH3])[CH3]. The third-order valence-corrected chi connectivity index (χ3v) is 8.01. The summed E-state index contributed by atoms with van der Waals surface area (Å²) < 4.78 is 36.4. The molecule has 0 aromatic heterocycles. The summed E-state index contributed by atoms with van der Waals surface area (Å²) in [4.78, 5) is 33.4. The van der Waals surface area contributed by atoms with E-state index < -0.39 is 25.7 Å². The number of hydrogen-bond donors (Lipinski definition) is 5. The van der Waals surface area contributed by atoms with Crippen LogP contribution in [0.4, 0.5) is 11.4 Å². The van der Waals surface area contributed by atoms with E-state index in [1.807, 2.05) is 29.2 Å². The Hall–Kier alpha value is -2.66. The minimum atomic E-state index is -0.834. The number of esters is 1. The monoisotopic (exact) mass is 983 g/mol. The van der Waals surface area contributed by atoms with Gasteiger partial charge in [-0.15, -0.1) is 0 Å². The first-order valence-electron chi connectivity index (χ1n) is 20.0. The van der Waals surface area contributed by atoms with Crippen molar-refractivity contribution in [1.29, 1.82) is 0 Å². The number of anilines is 2. The van der Waals surface area contributed by atoms with Crippen LogP contribution in [-0.2, 0) is 69.2 Å². The fourth-order valence-corrected chi connectivity index (χ4v) is 5.17. The maximum atomic E-state index is 11.4. The molecule has 0 aliphatic rings. The van der Waals surface area contributed by atoms with E-state index in [-0.39, 0.29) is 51.7 Å². The average Bonchev–Trinajstić information content (AvgIpc) is 3.23. The van der Waals surface area contributed by atoms with E-state index in [9.17, 15) is 30.0 Å². The molecule has 0 amide bonds. The summed E-state index contributed by atoms with van der Waals surface area (Å²) in [6, 6.07) is 11.0. The van der Waals surface area contributed by atoms with Crippen LogP contribution in [-0.4, -0.2) is 176 Å². The first kappa shape index (κ1) is 62.6. The molecule has 0 atom stereocenters. The number of methoxy groups -OCH3 is 3. The summed E-state index contributed by atoms with van der Waals surface area (Å²) in [5.41, 5.74) is 4.56. The second kappa shape index (κ2) is 42.6. The standard InChI is InChI=1S/C20H33NO7.C19H31NO7.CH4.3CH3.H2O.Sn/c1-25-8-9-28-11-10-27-7-6-21(5-3-4-20(24)26-2)19-13-17(15-22)12-18(14-19)16-23;1-25-7-8-27-10-9-26-6-5-20(4-2-3-19(23)24)18-12-16(14-21)11-17(13-18)15-22;;;;;;/h12-14,22-23H,3-11,15-16H2,1-2H3;11-13,21-22H,2-10,14-15H2,1H3,(H,23,24);1H4;3*1H3;1H2;. The molecular weight excluding hydrogens is 903 g/mol. The Bertz CT molecular complexity index is 1300. The van der Waals surface area contributed by atoms with E-state index >= 15 is 0 Å². The van der Waals surface area contributed by atoms with Gasteiger partial charge in [-0.1, -0.05) is 19.6 Å². The van der Waals surface area contributed by atoms with E-state index in [0.717, 1.165) is 22.5 Å². The van der Waals surface area contributed by atoms with Crippen LogP contribution < -0.4 is 9.80 Å². The molecule has 17 nitrogen and oxygen atoms in total. The minimum absolute atomic E-state index is 0. The van der Waals surface area contributed by atoms with Crippen molar-refractivity contribution < 1.29 is 73.8 Å². The summed E-state index contributed by atoms with van der Waals surface area (Å²) in [5.74, 6) is -1.08. The van der Waals surface area contributed by atoms with Crippen molar-refractivity contribution in [2.24, 2.45) is 0 Å². The van der Waals surface area contributed by atoms with Crippen LogP contribution in [0.1, 0.15) is 55.4 Å². The molecule has 355 valence electrons. The van der Waals surface area contributed by atoms with Gasteiger partial charge in [0, 0.05) is 64.6 Å². The quantitative estimate of drug-likeness (QED) is 0.0402. The Labute approximate surface area is 371 Å². The molecule has 0 fully saturated rings. The van der Waals surface area contributed by atoms with Gasteiger partial charge >= 0.3 is 46.5 Å². The van der Waals surface area contributed by atoms with Crippen molar-refractivity contribution in [1.82, 2.24) is 0 Å². The normalized spacial score (nSPS) is 10.4. The van der Waals surface area contributed by atoms with E-state index in [4.69, 9.17) is 38.3 Å². The van der Waals surface area contributed by atoms with Crippen molar-refractivity contribution in [3.05, 3.63) is 58.7 Å². The average molecular weight is 983 g/mol. The fourth-order valence-electron chi connectivity index (χ4n) is 5.17. The van der Waals surface area contributed by atoms with Gasteiger partial charge in [0.1, 0.15) is 0 Å². The molecule has 0 aliphatic carbocycles. The summed E-state index contributed by atoms with van der Waals surface area (Å²) >= 11 is -0.543. The number of aliphatic hydroxyl groups excluding tert-OH is 4. The number of nitrogens with zero attached hydrogens (tertiary/aromatic N) is 2. The van der Waals surface area contributed by atoms with Crippen LogP contribution in [0.5, 0.6) is 0 Å². The van der Waals surface area contributed by atoms with Crippen LogP contribution in [0.2, 0.25) is 14.8 Å². The Morgan fingerprint density at radius 1 is 0.525 bits per heavy atom. The van der Waals surface area contributed by atoms with Crippen molar-refractivity contribution >= 4 is 43.1 Å². The zero-order valence-electron chi connectivity index (χ0n) is 36.8. The van der Waals surface area contributed by atoms with Crippen LogP contribution in [0, 0.1) is 0 Å². The number of carbonyl (C=O) groups is 2. The van der Waals surface area contributed by atoms with Gasteiger partial charge in [0.2, 0.25) is 0 Å². The van der Waals surface area contributed by atoms with Gasteiger partial charge in [0.25, 0.3) is 0 Å². The van der Waals surface area contributed by atoms with E-state index in [2.05, 4.69) is 19.7 Å². The molecule has 2 aromatic rings. The molecule has 0 unspecified atom stereocenters. The number of aliphatic hydroxyl groups is 4. The molecule has 1 radical (unpaired) electrons. The molecule has 0 saturated heterocycles. The van der Waals surface area contributed by atoms with Gasteiger partial charge in [0.05, 0.1) is 99.6 Å². The Kier molecular flexibility index (Phi) is 43.8. The third kappa shape index (κ3) is 34.5. The van der Waals surface area contributed by atoms with Gasteiger partial charge in [-0.2, -0.15) is 0 Å². The van der Waals surface area contributed by atoms with Crippen LogP contribution in [0.15, 0.2) is 36.4 Å². The summed E-state index contributed by atoms with van der Waals surface area (Å²) in [7, 11) is 4.62. The third-order valence-electron chi connectivity index (χ3n) is 8.01. The molecule has 0 spiro atoms. The predicted molar refractivity (Wildman–Crippen MR) is 240 cm³/mol. The molecule has 0 saturated carbocycles. The molecule has 18 heteroatoms. The molecule has 0 bridgehead atoms. The fraction of sp³-hybridized carbons (Fsp3) is 0.674. The predicted octanol–water partition coefficient (Wildman–Crippen LogP) is 3.31. The van der Waals surface area contributed by atoms with Crippen molar-refractivity contribution in [3.8, 4) is 0 Å². The van der Waals surface area contributed by atoms with Gasteiger partial charge in [0.15, 0.2) is 0 Å². The van der Waals surface area contributed by atoms with E-state index in [1.54, 1.807) is 26.4 Å². The zero-order chi connectivity index (χ0) is 44.1. The number of carboxylic acids is 1. The van der Waals surface area contributed by atoms with Crippen molar-refractivity contribution in [3.63, 3.8) is 0 Å². The number of aliphatic carboxylic acids is 1. The van der Waals surface area contributed by atoms with Crippen LogP contribution >= 0.6 is 0 Å². The van der Waals surface area contributed by atoms with Crippen LogP contribution in [0.3, 0.4) is 0 Å². The zero-order valence-corrected chi connectivity index (χ0v) is 39.7. The second-order valence-corrected chi connectivity index (χ2v) is 22.3. The topological polar surface area (TPSA) is 238 Å². The first-order valence-corrected chi connectivity index (χ1v) is 28.6. The maximum absolute atomic E-state index is 11.4. The van der Waals surface area contributed by atoms with Gasteiger partial charge in [-0.05, 0) is 59.4 Å². The summed E-state index contributed by atoms with van der Waals surface area (Å²) in [6.07, 6.45) is 1.53. The molecule has 7 N–H and O–H groups in total.